The van der Waals surface area contributed by atoms with Crippen molar-refractivity contribution >= 4 is 46.3 Å². The molecule has 8 nitrogen and oxygen atoms in total. The molecule has 1 aromatic carbocycles. The van der Waals surface area contributed by atoms with Crippen molar-refractivity contribution < 1.29 is 18.7 Å². The number of nitrogens with zero attached hydrogens (tertiary/aromatic N) is 2. The van der Waals surface area contributed by atoms with Crippen molar-refractivity contribution in [1.82, 2.24) is 9.78 Å². The smallest absolute Gasteiger partial charge is 0.323 e. The zero-order valence-corrected chi connectivity index (χ0v) is 18.2. The van der Waals surface area contributed by atoms with E-state index in [1.54, 1.807) is 12.3 Å². The molecule has 2 aromatic heterocycles. The number of amides is 3. The van der Waals surface area contributed by atoms with Gasteiger partial charge in [-0.25, -0.2) is 13.9 Å². The van der Waals surface area contributed by atoms with Crippen LogP contribution in [-0.2, 0) is 4.74 Å². The van der Waals surface area contributed by atoms with Crippen LogP contribution < -0.4 is 16.4 Å². The summed E-state index contributed by atoms with van der Waals surface area (Å²) in [6.45, 7) is 3.83. The number of benzene rings is 1. The number of aromatic nitrogens is 2. The Hall–Kier alpha value is -2.95. The fourth-order valence-electron chi connectivity index (χ4n) is 2.74. The lowest BCUT2D eigenvalue weighted by Gasteiger charge is -2.08. The second-order valence-corrected chi connectivity index (χ2v) is 8.25. The molecule has 1 aliphatic rings. The zero-order chi connectivity index (χ0) is 22.4. The number of carbonyl (C=O) groups excluding carboxylic acids is 2. The lowest BCUT2D eigenvalue weighted by Crippen LogP contribution is -2.20. The number of nitrogens with one attached hydrogen (secondary N) is 2. The molecular weight excluding hydrogens is 445 g/mol. The normalized spacial score (nSPS) is 12.7. The van der Waals surface area contributed by atoms with E-state index >= 15 is 0 Å². The van der Waals surface area contributed by atoms with Crippen molar-refractivity contribution in [2.24, 2.45) is 5.73 Å². The number of rotatable bonds is 4. The van der Waals surface area contributed by atoms with Gasteiger partial charge in [-0.05, 0) is 38.0 Å². The number of para-hydroxylation sites is 1. The Morgan fingerprint density at radius 3 is 2.61 bits per heavy atom. The number of anilines is 2. The van der Waals surface area contributed by atoms with Gasteiger partial charge >= 0.3 is 6.03 Å². The van der Waals surface area contributed by atoms with Gasteiger partial charge in [-0.15, -0.1) is 11.3 Å². The third kappa shape index (κ3) is 6.03. The Morgan fingerprint density at radius 2 is 2.03 bits per heavy atom. The van der Waals surface area contributed by atoms with Crippen LogP contribution in [0.5, 0.6) is 0 Å². The molecule has 0 radical (unpaired) electrons. The molecule has 1 aliphatic heterocycles. The summed E-state index contributed by atoms with van der Waals surface area (Å²) in [5.74, 6) is -1.16. The van der Waals surface area contributed by atoms with Gasteiger partial charge in [0.1, 0.15) is 5.82 Å². The number of urea groups is 1. The van der Waals surface area contributed by atoms with Crippen LogP contribution in [0.1, 0.15) is 27.4 Å². The summed E-state index contributed by atoms with van der Waals surface area (Å²) in [5, 5.41) is 9.12. The maximum Gasteiger partial charge on any atom is 0.323 e. The summed E-state index contributed by atoms with van der Waals surface area (Å²) in [6.07, 6.45) is 5.53. The van der Waals surface area contributed by atoms with E-state index in [9.17, 15) is 14.0 Å². The van der Waals surface area contributed by atoms with Crippen LogP contribution in [0, 0.1) is 12.7 Å². The fourth-order valence-corrected chi connectivity index (χ4v) is 3.81. The first-order valence-electron chi connectivity index (χ1n) is 9.40. The summed E-state index contributed by atoms with van der Waals surface area (Å²) >= 11 is 7.12. The molecule has 4 rings (SSSR count). The second kappa shape index (κ2) is 10.4. The van der Waals surface area contributed by atoms with E-state index in [2.05, 4.69) is 15.7 Å². The topological polar surface area (TPSA) is 111 Å². The average Bonchev–Trinajstić information content (AvgIpc) is 3.47. The number of ether oxygens (including phenoxy) is 1. The van der Waals surface area contributed by atoms with Crippen LogP contribution in [0.2, 0.25) is 5.02 Å². The molecular formula is C20H21ClFN5O3S. The molecule has 0 bridgehead atoms. The predicted molar refractivity (Wildman–Crippen MR) is 119 cm³/mol. The van der Waals surface area contributed by atoms with Crippen molar-refractivity contribution in [2.75, 3.05) is 23.8 Å². The number of thiophene rings is 1. The monoisotopic (exact) mass is 465 g/mol. The van der Waals surface area contributed by atoms with E-state index in [-0.39, 0.29) is 10.7 Å². The van der Waals surface area contributed by atoms with Crippen LogP contribution in [0.4, 0.5) is 20.6 Å². The molecule has 164 valence electrons. The third-order valence-electron chi connectivity index (χ3n) is 4.25. The number of hydrogen-bond donors (Lipinski definition) is 3. The van der Waals surface area contributed by atoms with Crippen LogP contribution in [0.15, 0.2) is 36.7 Å². The molecule has 3 amide bonds. The molecule has 3 heterocycles. The third-order valence-corrected chi connectivity index (χ3v) is 5.62. The SMILES string of the molecule is C1CCOC1.Cc1sc(C(N)=O)cc1-n1cc(NC(=O)Nc2c(F)cccc2Cl)cn1. The largest absolute Gasteiger partial charge is 0.381 e. The Morgan fingerprint density at radius 1 is 1.29 bits per heavy atom. The first kappa shape index (κ1) is 22.7. The highest BCUT2D eigenvalue weighted by Gasteiger charge is 2.14. The van der Waals surface area contributed by atoms with Crippen LogP contribution in [0.25, 0.3) is 5.69 Å². The van der Waals surface area contributed by atoms with Crippen molar-refractivity contribution in [3.05, 3.63) is 57.3 Å². The molecule has 1 fully saturated rings. The Kier molecular flexibility index (Phi) is 7.61. The molecule has 3 aromatic rings. The summed E-state index contributed by atoms with van der Waals surface area (Å²) in [4.78, 5) is 24.6. The standard InChI is InChI=1S/C16H13ClFN5O2S.C4H8O/c1-8-12(5-13(26-8)15(19)24)23-7-9(6-20-23)21-16(25)22-14-10(17)3-2-4-11(14)18;1-2-4-5-3-1/h2-7H,1H3,(H2,19,24)(H2,21,22,25);1-4H2. The second-order valence-electron chi connectivity index (χ2n) is 6.59. The minimum absolute atomic E-state index is 0.0868. The highest BCUT2D eigenvalue weighted by Crippen LogP contribution is 2.26. The molecule has 31 heavy (non-hydrogen) atoms. The van der Waals surface area contributed by atoms with E-state index in [1.165, 1.54) is 53.3 Å². The Balaban J connectivity index is 0.000000478. The molecule has 4 N–H and O–H groups in total. The van der Waals surface area contributed by atoms with Gasteiger partial charge in [0, 0.05) is 18.1 Å². The first-order valence-corrected chi connectivity index (χ1v) is 10.6. The van der Waals surface area contributed by atoms with E-state index in [4.69, 9.17) is 22.1 Å². The van der Waals surface area contributed by atoms with E-state index in [0.29, 0.717) is 16.3 Å². The maximum atomic E-state index is 13.7. The maximum absolute atomic E-state index is 13.7. The number of carbonyl (C=O) groups is 2. The first-order chi connectivity index (χ1) is 14.8. The molecule has 0 aliphatic carbocycles. The van der Waals surface area contributed by atoms with Crippen LogP contribution in [-0.4, -0.2) is 34.9 Å². The molecule has 0 spiro atoms. The van der Waals surface area contributed by atoms with Gasteiger partial charge in [0.2, 0.25) is 0 Å². The Labute approximate surface area is 187 Å². The zero-order valence-electron chi connectivity index (χ0n) is 16.7. The highest BCUT2D eigenvalue weighted by molar-refractivity contribution is 7.14. The van der Waals surface area contributed by atoms with Gasteiger partial charge in [0.15, 0.2) is 0 Å². The number of hydrogen-bond acceptors (Lipinski definition) is 5. The van der Waals surface area contributed by atoms with Gasteiger partial charge in [-0.2, -0.15) is 5.10 Å². The fraction of sp³-hybridized carbons (Fsp3) is 0.250. The number of primary amides is 1. The van der Waals surface area contributed by atoms with Gasteiger partial charge < -0.3 is 21.1 Å². The predicted octanol–water partition coefficient (Wildman–Crippen LogP) is 4.57. The lowest BCUT2D eigenvalue weighted by molar-refractivity contribution is 0.100. The summed E-state index contributed by atoms with van der Waals surface area (Å²) in [5.41, 5.74) is 6.22. The molecule has 0 saturated carbocycles. The molecule has 11 heteroatoms. The molecule has 1 saturated heterocycles. The van der Waals surface area contributed by atoms with Gasteiger partial charge in [-0.3, -0.25) is 4.79 Å². The lowest BCUT2D eigenvalue weighted by atomic mass is 10.3. The van der Waals surface area contributed by atoms with Gasteiger partial charge in [-0.1, -0.05) is 17.7 Å². The van der Waals surface area contributed by atoms with Crippen LogP contribution in [0.3, 0.4) is 0 Å². The van der Waals surface area contributed by atoms with E-state index in [1.807, 2.05) is 6.92 Å². The van der Waals surface area contributed by atoms with E-state index in [0.717, 1.165) is 18.1 Å². The summed E-state index contributed by atoms with van der Waals surface area (Å²) in [7, 11) is 0. The van der Waals surface area contributed by atoms with Gasteiger partial charge in [0.25, 0.3) is 5.91 Å². The quantitative estimate of drug-likeness (QED) is 0.523. The number of nitrogens with two attached hydrogens (primary N) is 1. The summed E-state index contributed by atoms with van der Waals surface area (Å²) in [6, 6.07) is 5.05. The molecule has 0 atom stereocenters. The van der Waals surface area contributed by atoms with E-state index < -0.39 is 17.8 Å². The Bertz CT molecular complexity index is 1050. The van der Waals surface area contributed by atoms with Crippen molar-refractivity contribution in [2.45, 2.75) is 19.8 Å². The highest BCUT2D eigenvalue weighted by atomic mass is 35.5. The minimum Gasteiger partial charge on any atom is -0.381 e. The van der Waals surface area contributed by atoms with Gasteiger partial charge in [0.05, 0.1) is 39.4 Å². The van der Waals surface area contributed by atoms with Crippen LogP contribution >= 0.6 is 22.9 Å². The van der Waals surface area contributed by atoms with Crippen molar-refractivity contribution in [3.63, 3.8) is 0 Å². The molecule has 0 unspecified atom stereocenters. The van der Waals surface area contributed by atoms with Crippen molar-refractivity contribution in [1.29, 1.82) is 0 Å². The number of halogens is 2. The number of aryl methyl sites for hydroxylation is 1. The average molecular weight is 466 g/mol. The van der Waals surface area contributed by atoms with Crippen molar-refractivity contribution in [3.8, 4) is 5.69 Å². The minimum atomic E-state index is -0.670. The summed E-state index contributed by atoms with van der Waals surface area (Å²) < 4.78 is 20.2.